The zero-order chi connectivity index (χ0) is 13.8. The summed E-state index contributed by atoms with van der Waals surface area (Å²) in [5.74, 6) is 0.733. The van der Waals surface area contributed by atoms with Crippen molar-refractivity contribution in [3.63, 3.8) is 0 Å². The van der Waals surface area contributed by atoms with Crippen molar-refractivity contribution in [1.29, 1.82) is 5.26 Å². The summed E-state index contributed by atoms with van der Waals surface area (Å²) in [6.07, 6.45) is 1.37. The minimum Gasteiger partial charge on any atom is -0.495 e. The van der Waals surface area contributed by atoms with Gasteiger partial charge in [-0.15, -0.1) is 0 Å². The minimum atomic E-state index is -0.349. The summed E-state index contributed by atoms with van der Waals surface area (Å²) < 4.78 is 10.2. The number of amides is 1. The van der Waals surface area contributed by atoms with Crippen LogP contribution in [0.3, 0.4) is 0 Å². The summed E-state index contributed by atoms with van der Waals surface area (Å²) in [6, 6.07) is 8.61. The Bertz CT molecular complexity index is 653. The van der Waals surface area contributed by atoms with E-state index < -0.39 is 0 Å². The molecule has 0 saturated carbocycles. The Kier molecular flexibility index (Phi) is 3.53. The van der Waals surface area contributed by atoms with Crippen LogP contribution < -0.4 is 10.1 Å². The lowest BCUT2D eigenvalue weighted by atomic mass is 10.1. The van der Waals surface area contributed by atoms with Crippen LogP contribution in [-0.4, -0.2) is 13.0 Å². The molecule has 0 fully saturated rings. The molecule has 2 aromatic rings. The van der Waals surface area contributed by atoms with Gasteiger partial charge in [-0.1, -0.05) is 6.07 Å². The Morgan fingerprint density at radius 3 is 2.84 bits per heavy atom. The zero-order valence-corrected chi connectivity index (χ0v) is 10.6. The molecule has 0 aliphatic rings. The lowest BCUT2D eigenvalue weighted by Gasteiger charge is -2.10. The largest absolute Gasteiger partial charge is 0.495 e. The number of nitrogens with one attached hydrogen (secondary N) is 1. The van der Waals surface area contributed by atoms with E-state index in [1.54, 1.807) is 31.2 Å². The summed E-state index contributed by atoms with van der Waals surface area (Å²) in [7, 11) is 1.48. The number of rotatable bonds is 3. The highest BCUT2D eigenvalue weighted by Gasteiger charge is 2.14. The first kappa shape index (κ1) is 12.7. The summed E-state index contributed by atoms with van der Waals surface area (Å²) in [5.41, 5.74) is 1.09. The number of hydrogen-bond acceptors (Lipinski definition) is 4. The van der Waals surface area contributed by atoms with Crippen LogP contribution >= 0.6 is 0 Å². The molecule has 1 N–H and O–H groups in total. The van der Waals surface area contributed by atoms with Crippen LogP contribution in [0, 0.1) is 18.3 Å². The number of nitrogens with zero attached hydrogens (tertiary/aromatic N) is 1. The normalized spacial score (nSPS) is 9.74. The molecule has 5 nitrogen and oxygen atoms in total. The number of hydrogen-bond donors (Lipinski definition) is 1. The topological polar surface area (TPSA) is 75.3 Å². The molecule has 0 bridgehead atoms. The second-order valence-electron chi connectivity index (χ2n) is 3.89. The number of carbonyl (C=O) groups is 1. The standard InChI is InChI=1S/C14H12N2O3/c1-9-6-11(8-19-9)14(17)16-13-10(7-15)4-3-5-12(13)18-2/h3-6,8H,1-2H3,(H,16,17). The van der Waals surface area contributed by atoms with Gasteiger partial charge in [-0.2, -0.15) is 5.26 Å². The van der Waals surface area contributed by atoms with Crippen LogP contribution in [0.15, 0.2) is 34.9 Å². The third-order valence-electron chi connectivity index (χ3n) is 2.60. The molecule has 0 spiro atoms. The lowest BCUT2D eigenvalue weighted by Crippen LogP contribution is -2.13. The molecule has 0 radical (unpaired) electrons. The maximum Gasteiger partial charge on any atom is 0.259 e. The summed E-state index contributed by atoms with van der Waals surface area (Å²) >= 11 is 0. The van der Waals surface area contributed by atoms with Crippen LogP contribution in [0.5, 0.6) is 5.75 Å². The number of anilines is 1. The van der Waals surface area contributed by atoms with Gasteiger partial charge < -0.3 is 14.5 Å². The molecule has 19 heavy (non-hydrogen) atoms. The molecular formula is C14H12N2O3. The molecule has 1 aromatic heterocycles. The van der Waals surface area contributed by atoms with E-state index in [2.05, 4.69) is 5.32 Å². The van der Waals surface area contributed by atoms with Crippen LogP contribution in [-0.2, 0) is 0 Å². The molecule has 0 atom stereocenters. The van der Waals surface area contributed by atoms with Crippen molar-refractivity contribution in [2.24, 2.45) is 0 Å². The number of aryl methyl sites for hydroxylation is 1. The van der Waals surface area contributed by atoms with E-state index in [-0.39, 0.29) is 5.91 Å². The molecule has 2 rings (SSSR count). The van der Waals surface area contributed by atoms with Crippen molar-refractivity contribution in [2.75, 3.05) is 12.4 Å². The highest BCUT2D eigenvalue weighted by Crippen LogP contribution is 2.28. The highest BCUT2D eigenvalue weighted by molar-refractivity contribution is 6.05. The fraction of sp³-hybridized carbons (Fsp3) is 0.143. The average Bonchev–Trinajstić information content (AvgIpc) is 2.85. The van der Waals surface area contributed by atoms with E-state index in [1.165, 1.54) is 13.4 Å². The first-order chi connectivity index (χ1) is 9.15. The predicted octanol–water partition coefficient (Wildman–Crippen LogP) is 2.72. The molecular weight excluding hydrogens is 244 g/mol. The van der Waals surface area contributed by atoms with Crippen molar-refractivity contribution < 1.29 is 13.9 Å². The molecule has 96 valence electrons. The van der Waals surface area contributed by atoms with E-state index in [9.17, 15) is 4.79 Å². The van der Waals surface area contributed by atoms with Gasteiger partial charge in [0.1, 0.15) is 29.5 Å². The third-order valence-corrected chi connectivity index (χ3v) is 2.60. The third kappa shape index (κ3) is 2.58. The molecule has 0 aliphatic heterocycles. The summed E-state index contributed by atoms with van der Waals surface area (Å²) in [6.45, 7) is 1.75. The van der Waals surface area contributed by atoms with E-state index in [4.69, 9.17) is 14.4 Å². The Morgan fingerprint density at radius 1 is 1.47 bits per heavy atom. The Balaban J connectivity index is 2.33. The van der Waals surface area contributed by atoms with Gasteiger partial charge in [-0.25, -0.2) is 0 Å². The number of furan rings is 1. The second kappa shape index (κ2) is 5.27. The van der Waals surface area contributed by atoms with Crippen molar-refractivity contribution in [3.8, 4) is 11.8 Å². The molecule has 1 heterocycles. The fourth-order valence-corrected chi connectivity index (χ4v) is 1.67. The van der Waals surface area contributed by atoms with Crippen molar-refractivity contribution in [1.82, 2.24) is 0 Å². The minimum absolute atomic E-state index is 0.341. The second-order valence-corrected chi connectivity index (χ2v) is 3.89. The van der Waals surface area contributed by atoms with Gasteiger partial charge in [0.25, 0.3) is 5.91 Å². The number of ether oxygens (including phenoxy) is 1. The Labute approximate surface area is 110 Å². The van der Waals surface area contributed by atoms with E-state index in [0.717, 1.165) is 0 Å². The number of benzene rings is 1. The van der Waals surface area contributed by atoms with Crippen LogP contribution in [0.4, 0.5) is 5.69 Å². The van der Waals surface area contributed by atoms with Crippen LogP contribution in [0.25, 0.3) is 0 Å². The smallest absolute Gasteiger partial charge is 0.259 e. The molecule has 0 unspecified atom stereocenters. The fourth-order valence-electron chi connectivity index (χ4n) is 1.67. The molecule has 0 aliphatic carbocycles. The zero-order valence-electron chi connectivity index (χ0n) is 10.6. The number of para-hydroxylation sites is 1. The maximum absolute atomic E-state index is 12.0. The van der Waals surface area contributed by atoms with Crippen molar-refractivity contribution in [3.05, 3.63) is 47.4 Å². The number of methoxy groups -OCH3 is 1. The number of nitriles is 1. The predicted molar refractivity (Wildman–Crippen MR) is 69.1 cm³/mol. The first-order valence-corrected chi connectivity index (χ1v) is 5.59. The quantitative estimate of drug-likeness (QED) is 0.916. The van der Waals surface area contributed by atoms with Crippen molar-refractivity contribution >= 4 is 11.6 Å². The van der Waals surface area contributed by atoms with Gasteiger partial charge >= 0.3 is 0 Å². The lowest BCUT2D eigenvalue weighted by molar-refractivity contribution is 0.102. The maximum atomic E-state index is 12.0. The summed E-state index contributed by atoms with van der Waals surface area (Å²) in [5, 5.41) is 11.7. The van der Waals surface area contributed by atoms with Gasteiger partial charge in [-0.05, 0) is 25.1 Å². The van der Waals surface area contributed by atoms with Crippen LogP contribution in [0.2, 0.25) is 0 Å². The molecule has 1 amide bonds. The van der Waals surface area contributed by atoms with Gasteiger partial charge in [0.05, 0.1) is 18.2 Å². The van der Waals surface area contributed by atoms with Crippen molar-refractivity contribution in [2.45, 2.75) is 6.92 Å². The number of carbonyl (C=O) groups excluding carboxylic acids is 1. The van der Waals surface area contributed by atoms with Crippen LogP contribution in [0.1, 0.15) is 21.7 Å². The summed E-state index contributed by atoms with van der Waals surface area (Å²) in [4.78, 5) is 12.0. The highest BCUT2D eigenvalue weighted by atomic mass is 16.5. The first-order valence-electron chi connectivity index (χ1n) is 5.59. The molecule has 1 aromatic carbocycles. The van der Waals surface area contributed by atoms with E-state index in [1.807, 2.05) is 6.07 Å². The molecule has 0 saturated heterocycles. The Morgan fingerprint density at radius 2 is 2.26 bits per heavy atom. The Hall–Kier alpha value is -2.74. The average molecular weight is 256 g/mol. The van der Waals surface area contributed by atoms with E-state index >= 15 is 0 Å². The van der Waals surface area contributed by atoms with Gasteiger partial charge in [0.2, 0.25) is 0 Å². The molecule has 5 heteroatoms. The van der Waals surface area contributed by atoms with Gasteiger partial charge in [0.15, 0.2) is 0 Å². The SMILES string of the molecule is COc1cccc(C#N)c1NC(=O)c1coc(C)c1. The van der Waals surface area contributed by atoms with E-state index in [0.29, 0.717) is 28.3 Å². The van der Waals surface area contributed by atoms with Gasteiger partial charge in [0, 0.05) is 0 Å². The monoisotopic (exact) mass is 256 g/mol. The van der Waals surface area contributed by atoms with Gasteiger partial charge in [-0.3, -0.25) is 4.79 Å².